The van der Waals surface area contributed by atoms with Crippen molar-refractivity contribution in [2.45, 2.75) is 57.4 Å². The molecule has 2 N–H and O–H groups in total. The zero-order valence-corrected chi connectivity index (χ0v) is 12.0. The molecule has 2 rings (SSSR count). The number of nitrogens with two attached hydrogens (primary N) is 1. The van der Waals surface area contributed by atoms with Gasteiger partial charge in [-0.05, 0) is 55.7 Å². The van der Waals surface area contributed by atoms with Crippen LogP contribution in [-0.2, 0) is 6.42 Å². The quantitative estimate of drug-likeness (QED) is 0.848. The van der Waals surface area contributed by atoms with Gasteiger partial charge in [0.1, 0.15) is 0 Å². The van der Waals surface area contributed by atoms with Crippen molar-refractivity contribution in [3.8, 4) is 0 Å². The summed E-state index contributed by atoms with van der Waals surface area (Å²) in [6, 6.07) is 8.13. The van der Waals surface area contributed by atoms with Crippen molar-refractivity contribution < 1.29 is 0 Å². The number of benzene rings is 1. The molecule has 1 aromatic rings. The van der Waals surface area contributed by atoms with E-state index in [0.29, 0.717) is 0 Å². The average molecular weight is 266 g/mol. The molecule has 0 radical (unpaired) electrons. The summed E-state index contributed by atoms with van der Waals surface area (Å²) < 4.78 is 0. The number of rotatable bonds is 4. The van der Waals surface area contributed by atoms with Crippen LogP contribution < -0.4 is 5.73 Å². The van der Waals surface area contributed by atoms with Gasteiger partial charge in [0, 0.05) is 10.6 Å². The lowest BCUT2D eigenvalue weighted by molar-refractivity contribution is 0.223. The maximum atomic E-state index is 6.56. The maximum absolute atomic E-state index is 6.56. The minimum absolute atomic E-state index is 0.00504. The third kappa shape index (κ3) is 3.73. The third-order valence-electron chi connectivity index (χ3n) is 4.24. The topological polar surface area (TPSA) is 26.0 Å². The highest BCUT2D eigenvalue weighted by atomic mass is 35.5. The van der Waals surface area contributed by atoms with Gasteiger partial charge >= 0.3 is 0 Å². The van der Waals surface area contributed by atoms with E-state index in [4.69, 9.17) is 17.3 Å². The van der Waals surface area contributed by atoms with Gasteiger partial charge < -0.3 is 5.73 Å². The molecule has 0 aliphatic heterocycles. The first-order valence-electron chi connectivity index (χ1n) is 7.15. The Morgan fingerprint density at radius 1 is 1.33 bits per heavy atom. The molecule has 1 aliphatic rings. The second-order valence-corrected chi connectivity index (χ2v) is 6.34. The Balaban J connectivity index is 1.93. The first-order chi connectivity index (χ1) is 8.61. The highest BCUT2D eigenvalue weighted by Crippen LogP contribution is 2.35. The molecule has 18 heavy (non-hydrogen) atoms. The van der Waals surface area contributed by atoms with Gasteiger partial charge in [-0.15, -0.1) is 0 Å². The lowest BCUT2D eigenvalue weighted by Gasteiger charge is -2.37. The minimum Gasteiger partial charge on any atom is -0.325 e. The second-order valence-electron chi connectivity index (χ2n) is 5.90. The third-order valence-corrected chi connectivity index (χ3v) is 4.48. The molecule has 1 nitrogen and oxygen atoms in total. The van der Waals surface area contributed by atoms with Crippen molar-refractivity contribution in [3.05, 3.63) is 34.9 Å². The summed E-state index contributed by atoms with van der Waals surface area (Å²) in [5.41, 5.74) is 7.83. The Morgan fingerprint density at radius 2 is 2.06 bits per heavy atom. The Hall–Kier alpha value is -0.530. The van der Waals surface area contributed by atoms with Gasteiger partial charge in [-0.2, -0.15) is 0 Å². The minimum atomic E-state index is -0.00504. The molecule has 1 aliphatic carbocycles. The Morgan fingerprint density at radius 3 is 2.67 bits per heavy atom. The number of halogens is 1. The highest BCUT2D eigenvalue weighted by Gasteiger charge is 2.31. The van der Waals surface area contributed by atoms with E-state index in [0.717, 1.165) is 30.2 Å². The SMILES string of the molecule is CCCC1CCC(N)(Cc2cccc(Cl)c2)CC1. The van der Waals surface area contributed by atoms with Crippen molar-refractivity contribution >= 4 is 11.6 Å². The summed E-state index contributed by atoms with van der Waals surface area (Å²) in [6.45, 7) is 2.27. The van der Waals surface area contributed by atoms with Crippen LogP contribution in [0.15, 0.2) is 24.3 Å². The van der Waals surface area contributed by atoms with Gasteiger partial charge in [-0.3, -0.25) is 0 Å². The first kappa shape index (κ1) is 13.9. The molecular weight excluding hydrogens is 242 g/mol. The van der Waals surface area contributed by atoms with E-state index in [1.807, 2.05) is 18.2 Å². The molecule has 0 saturated heterocycles. The molecule has 1 saturated carbocycles. The normalized spacial score (nSPS) is 28.3. The molecule has 0 aromatic heterocycles. The Bertz CT molecular complexity index is 380. The van der Waals surface area contributed by atoms with Crippen molar-refractivity contribution in [2.75, 3.05) is 0 Å². The molecule has 0 unspecified atom stereocenters. The molecule has 2 heteroatoms. The van der Waals surface area contributed by atoms with Crippen LogP contribution in [-0.4, -0.2) is 5.54 Å². The molecule has 100 valence electrons. The van der Waals surface area contributed by atoms with Gasteiger partial charge in [0.05, 0.1) is 0 Å². The lowest BCUT2D eigenvalue weighted by Crippen LogP contribution is -2.45. The average Bonchev–Trinajstić information content (AvgIpc) is 2.32. The summed E-state index contributed by atoms with van der Waals surface area (Å²) in [6.07, 6.45) is 8.54. The summed E-state index contributed by atoms with van der Waals surface area (Å²) in [5.74, 6) is 0.908. The molecule has 1 fully saturated rings. The summed E-state index contributed by atoms with van der Waals surface area (Å²) in [4.78, 5) is 0. The molecule has 0 heterocycles. The van der Waals surface area contributed by atoms with E-state index in [2.05, 4.69) is 13.0 Å². The van der Waals surface area contributed by atoms with E-state index in [-0.39, 0.29) is 5.54 Å². The first-order valence-corrected chi connectivity index (χ1v) is 7.52. The monoisotopic (exact) mass is 265 g/mol. The van der Waals surface area contributed by atoms with E-state index in [9.17, 15) is 0 Å². The van der Waals surface area contributed by atoms with Crippen molar-refractivity contribution in [1.82, 2.24) is 0 Å². The van der Waals surface area contributed by atoms with Crippen molar-refractivity contribution in [1.29, 1.82) is 0 Å². The summed E-state index contributed by atoms with van der Waals surface area (Å²) in [5, 5.41) is 0.816. The van der Waals surface area contributed by atoms with Crippen LogP contribution in [0.3, 0.4) is 0 Å². The van der Waals surface area contributed by atoms with Crippen LogP contribution in [0.2, 0.25) is 5.02 Å². The Labute approximate surface area is 116 Å². The fourth-order valence-electron chi connectivity index (χ4n) is 3.18. The van der Waals surface area contributed by atoms with E-state index in [1.54, 1.807) is 0 Å². The van der Waals surface area contributed by atoms with E-state index < -0.39 is 0 Å². The van der Waals surface area contributed by atoms with Gasteiger partial charge in [-0.25, -0.2) is 0 Å². The Kier molecular flexibility index (Phi) is 4.69. The van der Waals surface area contributed by atoms with Crippen LogP contribution in [0.5, 0.6) is 0 Å². The lowest BCUT2D eigenvalue weighted by atomic mass is 9.73. The predicted molar refractivity (Wildman–Crippen MR) is 78.9 cm³/mol. The summed E-state index contributed by atoms with van der Waals surface area (Å²) >= 11 is 6.03. The van der Waals surface area contributed by atoms with Gasteiger partial charge in [0.2, 0.25) is 0 Å². The van der Waals surface area contributed by atoms with Crippen LogP contribution in [0.1, 0.15) is 51.0 Å². The zero-order chi connectivity index (χ0) is 13.0. The van der Waals surface area contributed by atoms with Crippen LogP contribution >= 0.6 is 11.6 Å². The predicted octanol–water partition coefficient (Wildman–Crippen LogP) is 4.57. The molecule has 0 bridgehead atoms. The number of hydrogen-bond donors (Lipinski definition) is 1. The standard InChI is InChI=1S/C16H24ClN/c1-2-4-13-7-9-16(18,10-8-13)12-14-5-3-6-15(17)11-14/h3,5-6,11,13H,2,4,7-10,12,18H2,1H3. The smallest absolute Gasteiger partial charge is 0.0408 e. The molecule has 0 amide bonds. The van der Waals surface area contributed by atoms with Gasteiger partial charge in [-0.1, -0.05) is 43.5 Å². The van der Waals surface area contributed by atoms with Crippen LogP contribution in [0.4, 0.5) is 0 Å². The zero-order valence-electron chi connectivity index (χ0n) is 11.3. The van der Waals surface area contributed by atoms with Gasteiger partial charge in [0.15, 0.2) is 0 Å². The fourth-order valence-corrected chi connectivity index (χ4v) is 3.39. The molecular formula is C16H24ClN. The molecule has 1 aromatic carbocycles. The molecule has 0 spiro atoms. The largest absolute Gasteiger partial charge is 0.325 e. The second kappa shape index (κ2) is 6.08. The van der Waals surface area contributed by atoms with Crippen molar-refractivity contribution in [3.63, 3.8) is 0 Å². The molecule has 0 atom stereocenters. The van der Waals surface area contributed by atoms with Crippen LogP contribution in [0, 0.1) is 5.92 Å². The number of hydrogen-bond acceptors (Lipinski definition) is 1. The maximum Gasteiger partial charge on any atom is 0.0408 e. The summed E-state index contributed by atoms with van der Waals surface area (Å²) in [7, 11) is 0. The van der Waals surface area contributed by atoms with E-state index >= 15 is 0 Å². The van der Waals surface area contributed by atoms with E-state index in [1.165, 1.54) is 31.2 Å². The highest BCUT2D eigenvalue weighted by molar-refractivity contribution is 6.30. The van der Waals surface area contributed by atoms with Gasteiger partial charge in [0.25, 0.3) is 0 Å². The fraction of sp³-hybridized carbons (Fsp3) is 0.625. The van der Waals surface area contributed by atoms with Crippen LogP contribution in [0.25, 0.3) is 0 Å². The van der Waals surface area contributed by atoms with Crippen molar-refractivity contribution in [2.24, 2.45) is 11.7 Å².